The minimum absolute atomic E-state index is 0.317. The Morgan fingerprint density at radius 2 is 1.70 bits per heavy atom. The summed E-state index contributed by atoms with van der Waals surface area (Å²) in [6.45, 7) is 10.1. The van der Waals surface area contributed by atoms with E-state index in [0.29, 0.717) is 18.1 Å². The molecule has 0 bridgehead atoms. The maximum atomic E-state index is 11.6. The van der Waals surface area contributed by atoms with Crippen molar-refractivity contribution in [3.05, 3.63) is 41.9 Å². The highest BCUT2D eigenvalue weighted by Gasteiger charge is 2.48. The molecule has 0 aromatic heterocycles. The Bertz CT molecular complexity index is 609. The topological polar surface area (TPSA) is 58.7 Å². The molecule has 0 amide bonds. The third-order valence-electron chi connectivity index (χ3n) is 4.03. The molecule has 1 aromatic rings. The lowest BCUT2D eigenvalue weighted by atomic mass is 9.90. The highest BCUT2D eigenvalue weighted by atomic mass is 16.7. The van der Waals surface area contributed by atoms with E-state index in [1.807, 2.05) is 39.8 Å². The fourth-order valence-corrected chi connectivity index (χ4v) is 1.96. The van der Waals surface area contributed by atoms with Crippen LogP contribution in [-0.4, -0.2) is 30.0 Å². The summed E-state index contributed by atoms with van der Waals surface area (Å²) >= 11 is 0. The molecule has 0 aliphatic carbocycles. The Labute approximate surface area is 137 Å². The Kier molecular flexibility index (Phi) is 4.78. The van der Waals surface area contributed by atoms with E-state index in [-0.39, 0.29) is 17.2 Å². The fourth-order valence-electron chi connectivity index (χ4n) is 1.96. The number of ether oxygens (including phenoxy) is 3. The van der Waals surface area contributed by atoms with Crippen LogP contribution in [0.15, 0.2) is 36.3 Å². The minimum Gasteiger partial charge on any atom is -0.462 e. The first-order valence-electron chi connectivity index (χ1n) is 7.70. The summed E-state index contributed by atoms with van der Waals surface area (Å²) in [4.78, 5) is 14.7. The Balaban J connectivity index is 2.02. The molecular weight excluding hydrogens is 294 g/mol. The molecule has 1 aliphatic rings. The van der Waals surface area contributed by atoms with Crippen molar-refractivity contribution in [2.75, 3.05) is 6.61 Å². The number of esters is 1. The number of rotatable bonds is 4. The molecule has 0 unspecified atom stereocenters. The average molecular weight is 318 g/mol. The molecule has 1 saturated heterocycles. The van der Waals surface area contributed by atoms with E-state index in [2.05, 4.69) is 4.99 Å². The standard InChI is InChI=1S/C18H23NO4/c1-6-21-16(20)13-7-9-14(10-8-13)19-12-11-15-22-17(2,3)18(4,5)23-15/h7-12H,6H2,1-5H3/p+1. The second-order valence-corrected chi connectivity index (χ2v) is 6.32. The van der Waals surface area contributed by atoms with Gasteiger partial charge < -0.3 is 14.2 Å². The van der Waals surface area contributed by atoms with E-state index in [4.69, 9.17) is 14.2 Å². The summed E-state index contributed by atoms with van der Waals surface area (Å²) in [5.74, 6) is 0.165. The van der Waals surface area contributed by atoms with Crippen LogP contribution in [0.2, 0.25) is 0 Å². The van der Waals surface area contributed by atoms with Crippen LogP contribution in [0.1, 0.15) is 45.0 Å². The Morgan fingerprint density at radius 3 is 2.22 bits per heavy atom. The van der Waals surface area contributed by atoms with Crippen molar-refractivity contribution in [2.24, 2.45) is 0 Å². The molecule has 0 atom stereocenters. The van der Waals surface area contributed by atoms with Gasteiger partial charge in [0.15, 0.2) is 6.21 Å². The molecule has 2 rings (SSSR count). The monoisotopic (exact) mass is 318 g/mol. The lowest BCUT2D eigenvalue weighted by Gasteiger charge is -2.28. The molecule has 1 heterocycles. The van der Waals surface area contributed by atoms with Crippen molar-refractivity contribution in [1.29, 1.82) is 0 Å². The lowest BCUT2D eigenvalue weighted by Crippen LogP contribution is -2.61. The third-order valence-corrected chi connectivity index (χ3v) is 4.03. The second-order valence-electron chi connectivity index (χ2n) is 6.32. The summed E-state index contributed by atoms with van der Waals surface area (Å²) in [7, 11) is 0. The predicted octanol–water partition coefficient (Wildman–Crippen LogP) is 2.09. The largest absolute Gasteiger partial charge is 0.462 e. The van der Waals surface area contributed by atoms with Gasteiger partial charge >= 0.3 is 5.97 Å². The number of nitrogens with one attached hydrogen (secondary N) is 1. The van der Waals surface area contributed by atoms with Crippen molar-refractivity contribution in [2.45, 2.75) is 45.8 Å². The summed E-state index contributed by atoms with van der Waals surface area (Å²) in [5, 5.41) is 0. The molecule has 1 N–H and O–H groups in total. The maximum absolute atomic E-state index is 11.6. The van der Waals surface area contributed by atoms with Crippen molar-refractivity contribution >= 4 is 17.9 Å². The minimum atomic E-state index is -0.381. The van der Waals surface area contributed by atoms with Crippen LogP contribution in [0.3, 0.4) is 0 Å². The van der Waals surface area contributed by atoms with E-state index in [9.17, 15) is 4.79 Å². The molecule has 0 spiro atoms. The predicted molar refractivity (Wildman–Crippen MR) is 87.5 cm³/mol. The van der Waals surface area contributed by atoms with Gasteiger partial charge in [0.1, 0.15) is 11.2 Å². The van der Waals surface area contributed by atoms with Gasteiger partial charge in [0, 0.05) is 12.1 Å². The van der Waals surface area contributed by atoms with Crippen molar-refractivity contribution in [3.8, 4) is 0 Å². The molecule has 1 fully saturated rings. The van der Waals surface area contributed by atoms with Crippen molar-refractivity contribution in [1.82, 2.24) is 0 Å². The van der Waals surface area contributed by atoms with Gasteiger partial charge in [0.05, 0.1) is 18.2 Å². The number of hydrogen-bond acceptors (Lipinski definition) is 4. The number of hydrogen-bond donors (Lipinski definition) is 1. The number of carbonyl (C=O) groups is 1. The van der Waals surface area contributed by atoms with Crippen LogP contribution in [0.5, 0.6) is 0 Å². The van der Waals surface area contributed by atoms with Crippen molar-refractivity contribution in [3.63, 3.8) is 0 Å². The zero-order valence-corrected chi connectivity index (χ0v) is 14.3. The quantitative estimate of drug-likeness (QED) is 0.682. The molecule has 1 aliphatic heterocycles. The van der Waals surface area contributed by atoms with Gasteiger partial charge in [-0.15, -0.1) is 0 Å². The first-order chi connectivity index (χ1) is 10.7. The molecular formula is C18H24NO4+. The number of carbonyl (C=O) groups excluding carboxylic acids is 1. The SMILES string of the molecule is CCOC(=O)c1ccc([NH+]=CC=C2OC(C)(C)C(C)(C)O2)cc1. The third kappa shape index (κ3) is 3.92. The van der Waals surface area contributed by atoms with E-state index >= 15 is 0 Å². The second kappa shape index (κ2) is 6.44. The summed E-state index contributed by atoms with van der Waals surface area (Å²) in [6, 6.07) is 7.06. The molecule has 124 valence electrons. The first kappa shape index (κ1) is 17.1. The fraction of sp³-hybridized carbons (Fsp3) is 0.444. The Morgan fingerprint density at radius 1 is 1.13 bits per heavy atom. The van der Waals surface area contributed by atoms with Crippen LogP contribution in [-0.2, 0) is 14.2 Å². The highest BCUT2D eigenvalue weighted by molar-refractivity contribution is 5.89. The van der Waals surface area contributed by atoms with Gasteiger partial charge in [-0.1, -0.05) is 0 Å². The van der Waals surface area contributed by atoms with Gasteiger partial charge in [0.2, 0.25) is 5.69 Å². The summed E-state index contributed by atoms with van der Waals surface area (Å²) in [6.07, 6.45) is 3.49. The normalized spacial score (nSPS) is 18.4. The molecule has 23 heavy (non-hydrogen) atoms. The van der Waals surface area contributed by atoms with Crippen LogP contribution < -0.4 is 4.99 Å². The van der Waals surface area contributed by atoms with Gasteiger partial charge in [-0.3, -0.25) is 0 Å². The van der Waals surface area contributed by atoms with Crippen LogP contribution in [0.4, 0.5) is 5.69 Å². The van der Waals surface area contributed by atoms with Gasteiger partial charge in [0.25, 0.3) is 5.95 Å². The molecule has 0 radical (unpaired) electrons. The molecule has 5 nitrogen and oxygen atoms in total. The van der Waals surface area contributed by atoms with E-state index < -0.39 is 0 Å². The molecule has 5 heteroatoms. The van der Waals surface area contributed by atoms with Crippen LogP contribution >= 0.6 is 0 Å². The smallest absolute Gasteiger partial charge is 0.338 e. The van der Waals surface area contributed by atoms with Gasteiger partial charge in [-0.25, -0.2) is 9.79 Å². The average Bonchev–Trinajstić information content (AvgIpc) is 2.67. The summed E-state index contributed by atoms with van der Waals surface area (Å²) in [5.41, 5.74) is 0.621. The van der Waals surface area contributed by atoms with Crippen molar-refractivity contribution < 1.29 is 24.0 Å². The maximum Gasteiger partial charge on any atom is 0.338 e. The first-order valence-corrected chi connectivity index (χ1v) is 7.70. The van der Waals surface area contributed by atoms with Crippen LogP contribution in [0.25, 0.3) is 0 Å². The molecule has 0 saturated carbocycles. The highest BCUT2D eigenvalue weighted by Crippen LogP contribution is 2.39. The van der Waals surface area contributed by atoms with Gasteiger partial charge in [-0.05, 0) is 46.8 Å². The zero-order valence-electron chi connectivity index (χ0n) is 14.3. The number of allylic oxidation sites excluding steroid dienone is 1. The molecule has 1 aromatic carbocycles. The lowest BCUT2D eigenvalue weighted by molar-refractivity contribution is -0.346. The zero-order chi connectivity index (χ0) is 17.1. The van der Waals surface area contributed by atoms with Gasteiger partial charge in [-0.2, -0.15) is 0 Å². The van der Waals surface area contributed by atoms with Crippen LogP contribution in [0, 0.1) is 0 Å². The van der Waals surface area contributed by atoms with E-state index in [0.717, 1.165) is 5.69 Å². The van der Waals surface area contributed by atoms with E-state index in [1.54, 1.807) is 31.3 Å². The number of benzene rings is 1. The van der Waals surface area contributed by atoms with E-state index in [1.165, 1.54) is 0 Å². The Hall–Kier alpha value is -2.30. The summed E-state index contributed by atoms with van der Waals surface area (Å²) < 4.78 is 16.5.